The molecule has 2 aromatic carbocycles. The maximum Gasteiger partial charge on any atom is 0.454 e. The summed E-state index contributed by atoms with van der Waals surface area (Å²) >= 11 is 3.26. The molecule has 3 nitrogen and oxygen atoms in total. The third-order valence-electron chi connectivity index (χ3n) is 4.73. The number of carbonyl (C=O) groups is 1. The number of carbonyl (C=O) groups excluding carboxylic acids is 1. The Kier molecular flexibility index (Phi) is 6.08. The molecule has 3 aromatic rings. The van der Waals surface area contributed by atoms with Gasteiger partial charge in [-0.1, -0.05) is 41.9 Å². The van der Waals surface area contributed by atoms with Crippen molar-refractivity contribution in [3.63, 3.8) is 0 Å². The lowest BCUT2D eigenvalue weighted by molar-refractivity contribution is -0.0884. The van der Waals surface area contributed by atoms with Crippen molar-refractivity contribution in [2.75, 3.05) is 6.61 Å². The summed E-state index contributed by atoms with van der Waals surface area (Å²) in [6, 6.07) is 11.0. The van der Waals surface area contributed by atoms with Gasteiger partial charge in [0, 0.05) is 21.6 Å². The van der Waals surface area contributed by atoms with E-state index in [1.54, 1.807) is 16.7 Å². The molecule has 0 amide bonds. The van der Waals surface area contributed by atoms with E-state index >= 15 is 0 Å². The van der Waals surface area contributed by atoms with E-state index in [4.69, 9.17) is 4.74 Å². The van der Waals surface area contributed by atoms with Crippen LogP contribution in [-0.4, -0.2) is 23.1 Å². The van der Waals surface area contributed by atoms with E-state index in [0.717, 1.165) is 16.9 Å². The van der Waals surface area contributed by atoms with Gasteiger partial charge in [-0.15, -0.1) is 0 Å². The fourth-order valence-corrected chi connectivity index (χ4v) is 3.65. The second-order valence-electron chi connectivity index (χ2n) is 7.27. The molecule has 0 aliphatic carbocycles. The molecule has 0 atom stereocenters. The zero-order chi connectivity index (χ0) is 21.3. The number of hydrogen-bond donors (Lipinski definition) is 0. The molecule has 0 unspecified atom stereocenters. The number of Topliss-reactive ketones (excluding diaryl/α,β-unsaturated/α-hetero) is 1. The fraction of sp³-hybridized carbons (Fsp3) is 0.318. The summed E-state index contributed by atoms with van der Waals surface area (Å²) in [4.78, 5) is 11.9. The largest absolute Gasteiger partial charge is 0.491 e. The highest BCUT2D eigenvalue weighted by Gasteiger charge is 2.40. The summed E-state index contributed by atoms with van der Waals surface area (Å²) in [6.45, 7) is 6.70. The highest BCUT2D eigenvalue weighted by Crippen LogP contribution is 2.31. The Balaban J connectivity index is 1.88. The first kappa shape index (κ1) is 21.4. The van der Waals surface area contributed by atoms with Gasteiger partial charge in [-0.2, -0.15) is 13.2 Å². The molecule has 0 aliphatic heterocycles. The van der Waals surface area contributed by atoms with Crippen LogP contribution >= 0.6 is 15.9 Å². The lowest BCUT2D eigenvalue weighted by Gasteiger charge is -2.15. The minimum Gasteiger partial charge on any atom is -0.491 e. The van der Waals surface area contributed by atoms with Gasteiger partial charge in [0.1, 0.15) is 12.4 Å². The summed E-state index contributed by atoms with van der Waals surface area (Å²) in [5.74, 6) is -0.793. The lowest BCUT2D eigenvalue weighted by atomic mass is 10.0. The summed E-state index contributed by atoms with van der Waals surface area (Å²) in [5, 5.41) is 0.264. The van der Waals surface area contributed by atoms with E-state index in [9.17, 15) is 18.0 Å². The Hall–Kier alpha value is -2.28. The number of rotatable bonds is 6. The maximum absolute atomic E-state index is 13.0. The van der Waals surface area contributed by atoms with Crippen LogP contribution in [0.25, 0.3) is 10.9 Å². The number of hydrogen-bond acceptors (Lipinski definition) is 2. The molecule has 0 spiro atoms. The molecule has 7 heteroatoms. The van der Waals surface area contributed by atoms with Gasteiger partial charge in [-0.3, -0.25) is 4.79 Å². The number of halogens is 4. The Morgan fingerprint density at radius 3 is 2.55 bits per heavy atom. The van der Waals surface area contributed by atoms with E-state index in [-0.39, 0.29) is 23.5 Å². The minimum absolute atomic E-state index is 0.264. The second kappa shape index (κ2) is 8.22. The molecule has 0 N–H and O–H groups in total. The lowest BCUT2D eigenvalue weighted by Crippen LogP contribution is -2.22. The molecule has 0 bridgehead atoms. The first-order valence-corrected chi connectivity index (χ1v) is 10.0. The topological polar surface area (TPSA) is 31.2 Å². The third kappa shape index (κ3) is 4.66. The Bertz CT molecular complexity index is 1050. The monoisotopic (exact) mass is 467 g/mol. The van der Waals surface area contributed by atoms with E-state index in [1.807, 2.05) is 25.1 Å². The van der Waals surface area contributed by atoms with Gasteiger partial charge < -0.3 is 9.30 Å². The number of alkyl halides is 3. The molecule has 154 valence electrons. The predicted molar refractivity (Wildman–Crippen MR) is 111 cm³/mol. The molecule has 0 fully saturated rings. The Morgan fingerprint density at radius 1 is 1.17 bits per heavy atom. The van der Waals surface area contributed by atoms with Crippen molar-refractivity contribution in [1.29, 1.82) is 0 Å². The van der Waals surface area contributed by atoms with Gasteiger partial charge in [0.05, 0.1) is 12.1 Å². The summed E-state index contributed by atoms with van der Waals surface area (Å²) in [5.41, 5.74) is 2.34. The molecule has 1 aromatic heterocycles. The van der Waals surface area contributed by atoms with E-state index in [0.29, 0.717) is 16.5 Å². The fourth-order valence-electron chi connectivity index (χ4n) is 3.29. The predicted octanol–water partition coefficient (Wildman–Crippen LogP) is 6.66. The quantitative estimate of drug-likeness (QED) is 0.379. The smallest absolute Gasteiger partial charge is 0.454 e. The summed E-state index contributed by atoms with van der Waals surface area (Å²) in [7, 11) is 0. The highest BCUT2D eigenvalue weighted by atomic mass is 79.9. The first-order valence-electron chi connectivity index (χ1n) is 9.21. The Morgan fingerprint density at radius 2 is 1.90 bits per heavy atom. The van der Waals surface area contributed by atoms with E-state index in [1.165, 1.54) is 12.3 Å². The van der Waals surface area contributed by atoms with Crippen LogP contribution in [0, 0.1) is 6.92 Å². The first-order chi connectivity index (χ1) is 13.6. The molecular weight excluding hydrogens is 447 g/mol. The van der Waals surface area contributed by atoms with Crippen LogP contribution < -0.4 is 4.74 Å². The van der Waals surface area contributed by atoms with Crippen molar-refractivity contribution in [2.45, 2.75) is 39.4 Å². The van der Waals surface area contributed by atoms with Gasteiger partial charge in [-0.05, 0) is 48.2 Å². The highest BCUT2D eigenvalue weighted by molar-refractivity contribution is 9.10. The molecule has 0 aliphatic rings. The average Bonchev–Trinajstić information content (AvgIpc) is 2.97. The maximum atomic E-state index is 13.0. The minimum atomic E-state index is -4.92. The Labute approximate surface area is 175 Å². The number of benzene rings is 2. The molecular formula is C22H21BrF3NO2. The van der Waals surface area contributed by atoms with Gasteiger partial charge in [0.25, 0.3) is 5.78 Å². The summed E-state index contributed by atoms with van der Waals surface area (Å²) < 4.78 is 47.2. The van der Waals surface area contributed by atoms with Crippen LogP contribution in [0.5, 0.6) is 5.75 Å². The van der Waals surface area contributed by atoms with E-state index < -0.39 is 12.0 Å². The molecule has 1 heterocycles. The van der Waals surface area contributed by atoms with Gasteiger partial charge in [-0.25, -0.2) is 0 Å². The zero-order valence-electron chi connectivity index (χ0n) is 16.3. The normalized spacial score (nSPS) is 12.0. The average molecular weight is 468 g/mol. The number of ether oxygens (including phenoxy) is 1. The molecule has 29 heavy (non-hydrogen) atoms. The molecule has 0 radical (unpaired) electrons. The van der Waals surface area contributed by atoms with Crippen molar-refractivity contribution in [2.24, 2.45) is 0 Å². The second-order valence-corrected chi connectivity index (χ2v) is 8.18. The van der Waals surface area contributed by atoms with Crippen LogP contribution in [0.2, 0.25) is 0 Å². The number of fused-ring (bicyclic) bond motifs is 1. The van der Waals surface area contributed by atoms with Crippen molar-refractivity contribution in [1.82, 2.24) is 4.57 Å². The van der Waals surface area contributed by atoms with Gasteiger partial charge in [0.2, 0.25) is 0 Å². The number of aromatic nitrogens is 1. The van der Waals surface area contributed by atoms with Crippen LogP contribution in [0.15, 0.2) is 47.1 Å². The molecule has 0 saturated carbocycles. The SMILES string of the molecule is Cc1ccc(C(C)C)c(OCCn2cc(C(=O)C(F)(F)F)c3cc(Br)ccc32)c1. The van der Waals surface area contributed by atoms with E-state index in [2.05, 4.69) is 29.8 Å². The van der Waals surface area contributed by atoms with Crippen LogP contribution in [-0.2, 0) is 6.54 Å². The zero-order valence-corrected chi connectivity index (χ0v) is 17.9. The van der Waals surface area contributed by atoms with Gasteiger partial charge >= 0.3 is 6.18 Å². The van der Waals surface area contributed by atoms with Crippen molar-refractivity contribution < 1.29 is 22.7 Å². The number of ketones is 1. The molecule has 0 saturated heterocycles. The third-order valence-corrected chi connectivity index (χ3v) is 5.22. The van der Waals surface area contributed by atoms with Crippen LogP contribution in [0.1, 0.15) is 41.3 Å². The van der Waals surface area contributed by atoms with Gasteiger partial charge in [0.15, 0.2) is 0 Å². The summed E-state index contributed by atoms with van der Waals surface area (Å²) in [6.07, 6.45) is -3.67. The van der Waals surface area contributed by atoms with Crippen molar-refractivity contribution in [3.8, 4) is 5.75 Å². The standard InChI is InChI=1S/C22H21BrF3NO2/c1-13(2)16-6-4-14(3)10-20(16)29-9-8-27-12-18(21(28)22(24,25)26)17-11-15(23)5-7-19(17)27/h4-7,10-13H,8-9H2,1-3H3. The van der Waals surface area contributed by atoms with Crippen molar-refractivity contribution in [3.05, 3.63) is 63.8 Å². The number of aryl methyl sites for hydroxylation is 1. The van der Waals surface area contributed by atoms with Crippen LogP contribution in [0.3, 0.4) is 0 Å². The number of nitrogens with zero attached hydrogens (tertiary/aromatic N) is 1. The van der Waals surface area contributed by atoms with Crippen LogP contribution in [0.4, 0.5) is 13.2 Å². The molecule has 3 rings (SSSR count). The van der Waals surface area contributed by atoms with Crippen molar-refractivity contribution >= 4 is 32.6 Å².